The van der Waals surface area contributed by atoms with Gasteiger partial charge in [-0.3, -0.25) is 4.90 Å². The first kappa shape index (κ1) is 18.4. The molecular weight excluding hydrogens is 334 g/mol. The lowest BCUT2D eigenvalue weighted by Crippen LogP contribution is -2.23. The highest BCUT2D eigenvalue weighted by Crippen LogP contribution is 2.26. The topological polar surface area (TPSA) is 56.4 Å². The molecule has 0 bridgehead atoms. The fraction of sp³-hybridized carbons (Fsp3) is 0.579. The van der Waals surface area contributed by atoms with Crippen molar-refractivity contribution in [1.29, 1.82) is 0 Å². The van der Waals surface area contributed by atoms with Crippen LogP contribution in [0.3, 0.4) is 0 Å². The molecule has 0 aliphatic carbocycles. The Labute approximate surface area is 151 Å². The highest BCUT2D eigenvalue weighted by molar-refractivity contribution is 7.88. The van der Waals surface area contributed by atoms with Gasteiger partial charge in [-0.2, -0.15) is 0 Å². The van der Waals surface area contributed by atoms with Crippen LogP contribution in [0.25, 0.3) is 10.9 Å². The van der Waals surface area contributed by atoms with Crippen LogP contribution in [0, 0.1) is 5.92 Å². The summed E-state index contributed by atoms with van der Waals surface area (Å²) in [6.45, 7) is 5.52. The molecule has 1 atom stereocenters. The van der Waals surface area contributed by atoms with Gasteiger partial charge in [0.1, 0.15) is 0 Å². The standard InChI is InChI=1S/C19H29N3O2S/c1-4-5-15-8-9-22(12-15)13-17-11-20-19-7-6-16(10-18(17)19)14-25(23,24)21(2)3/h6-7,10-11,15,20H,4-5,8-9,12-14H2,1-3H3/t15-/m1/s1. The highest BCUT2D eigenvalue weighted by Gasteiger charge is 2.22. The molecule has 0 saturated carbocycles. The predicted octanol–water partition coefficient (Wildman–Crippen LogP) is 3.18. The molecule has 1 aliphatic heterocycles. The van der Waals surface area contributed by atoms with Crippen molar-refractivity contribution in [3.05, 3.63) is 35.5 Å². The van der Waals surface area contributed by atoms with Gasteiger partial charge in [0.15, 0.2) is 0 Å². The third kappa shape index (κ3) is 4.25. The second kappa shape index (κ2) is 7.48. The number of rotatable bonds is 7. The summed E-state index contributed by atoms with van der Waals surface area (Å²) >= 11 is 0. The van der Waals surface area contributed by atoms with E-state index < -0.39 is 10.0 Å². The van der Waals surface area contributed by atoms with Crippen LogP contribution in [0.1, 0.15) is 37.3 Å². The van der Waals surface area contributed by atoms with Gasteiger partial charge in [0.2, 0.25) is 10.0 Å². The van der Waals surface area contributed by atoms with Crippen molar-refractivity contribution in [1.82, 2.24) is 14.2 Å². The third-order valence-corrected chi connectivity index (χ3v) is 7.01. The van der Waals surface area contributed by atoms with Crippen LogP contribution in [-0.2, 0) is 22.3 Å². The van der Waals surface area contributed by atoms with E-state index in [1.807, 2.05) is 18.2 Å². The van der Waals surface area contributed by atoms with E-state index in [4.69, 9.17) is 0 Å². The summed E-state index contributed by atoms with van der Waals surface area (Å²) in [7, 11) is -0.0810. The molecule has 2 heterocycles. The van der Waals surface area contributed by atoms with Gasteiger partial charge in [0.05, 0.1) is 5.75 Å². The van der Waals surface area contributed by atoms with Crippen LogP contribution in [0.2, 0.25) is 0 Å². The highest BCUT2D eigenvalue weighted by atomic mass is 32.2. The Bertz CT molecular complexity index is 826. The van der Waals surface area contributed by atoms with E-state index in [1.165, 1.54) is 35.7 Å². The van der Waals surface area contributed by atoms with E-state index in [-0.39, 0.29) is 5.75 Å². The molecule has 6 heteroatoms. The van der Waals surface area contributed by atoms with E-state index in [1.54, 1.807) is 14.1 Å². The fourth-order valence-corrected chi connectivity index (χ4v) is 4.59. The Morgan fingerprint density at radius 1 is 1.32 bits per heavy atom. The molecule has 0 unspecified atom stereocenters. The molecule has 1 aliphatic rings. The number of fused-ring (bicyclic) bond motifs is 1. The van der Waals surface area contributed by atoms with Crippen LogP contribution in [0.4, 0.5) is 0 Å². The average Bonchev–Trinajstić information content (AvgIpc) is 3.15. The van der Waals surface area contributed by atoms with Gasteiger partial charge in [0, 0.05) is 44.3 Å². The van der Waals surface area contributed by atoms with E-state index in [2.05, 4.69) is 23.0 Å². The molecule has 138 valence electrons. The number of benzene rings is 1. The molecule has 0 amide bonds. The number of nitrogens with zero attached hydrogens (tertiary/aromatic N) is 2. The normalized spacial score (nSPS) is 19.3. The Kier molecular flexibility index (Phi) is 5.51. The van der Waals surface area contributed by atoms with Gasteiger partial charge >= 0.3 is 0 Å². The van der Waals surface area contributed by atoms with Crippen LogP contribution in [0.5, 0.6) is 0 Å². The quantitative estimate of drug-likeness (QED) is 0.822. The molecule has 0 radical (unpaired) electrons. The molecule has 5 nitrogen and oxygen atoms in total. The molecule has 1 aromatic carbocycles. The number of aromatic nitrogens is 1. The Morgan fingerprint density at radius 3 is 2.84 bits per heavy atom. The van der Waals surface area contributed by atoms with Crippen molar-refractivity contribution in [2.75, 3.05) is 27.2 Å². The first-order valence-electron chi connectivity index (χ1n) is 9.10. The molecule has 1 fully saturated rings. The number of hydrogen-bond donors (Lipinski definition) is 1. The second-order valence-electron chi connectivity index (χ2n) is 7.41. The predicted molar refractivity (Wildman–Crippen MR) is 103 cm³/mol. The molecule has 0 spiro atoms. The lowest BCUT2D eigenvalue weighted by molar-refractivity contribution is 0.314. The number of hydrogen-bond acceptors (Lipinski definition) is 3. The molecule has 25 heavy (non-hydrogen) atoms. The Hall–Kier alpha value is -1.37. The first-order chi connectivity index (χ1) is 11.9. The van der Waals surface area contributed by atoms with Gasteiger partial charge < -0.3 is 4.98 Å². The summed E-state index contributed by atoms with van der Waals surface area (Å²) in [5.41, 5.74) is 3.17. The maximum Gasteiger partial charge on any atom is 0.217 e. The van der Waals surface area contributed by atoms with Crippen molar-refractivity contribution >= 4 is 20.9 Å². The van der Waals surface area contributed by atoms with E-state index in [0.29, 0.717) is 0 Å². The largest absolute Gasteiger partial charge is 0.361 e. The van der Waals surface area contributed by atoms with Crippen LogP contribution < -0.4 is 0 Å². The SMILES string of the molecule is CCC[C@@H]1CCN(Cc2c[nH]c3ccc(CS(=O)(=O)N(C)C)cc23)C1. The van der Waals surface area contributed by atoms with Crippen molar-refractivity contribution in [2.24, 2.45) is 5.92 Å². The zero-order valence-corrected chi connectivity index (χ0v) is 16.3. The van der Waals surface area contributed by atoms with E-state index in [9.17, 15) is 8.42 Å². The summed E-state index contributed by atoms with van der Waals surface area (Å²) in [5.74, 6) is 0.874. The average molecular weight is 364 g/mol. The van der Waals surface area contributed by atoms with Crippen LogP contribution >= 0.6 is 0 Å². The number of aromatic amines is 1. The van der Waals surface area contributed by atoms with E-state index in [0.717, 1.165) is 35.5 Å². The minimum absolute atomic E-state index is 0.0445. The summed E-state index contributed by atoms with van der Waals surface area (Å²) in [4.78, 5) is 5.84. The number of likely N-dealkylation sites (tertiary alicyclic amines) is 1. The van der Waals surface area contributed by atoms with Gasteiger partial charge in [-0.25, -0.2) is 12.7 Å². The van der Waals surface area contributed by atoms with Gasteiger partial charge in [-0.05, 0) is 48.6 Å². The number of sulfonamides is 1. The van der Waals surface area contributed by atoms with E-state index >= 15 is 0 Å². The van der Waals surface area contributed by atoms with Gasteiger partial charge in [-0.15, -0.1) is 0 Å². The van der Waals surface area contributed by atoms with Crippen LogP contribution in [-0.4, -0.2) is 49.8 Å². The second-order valence-corrected chi connectivity index (χ2v) is 9.59. The number of H-pyrrole nitrogens is 1. The summed E-state index contributed by atoms with van der Waals surface area (Å²) in [5, 5.41) is 1.14. The molecule has 1 aromatic heterocycles. The van der Waals surface area contributed by atoms with Gasteiger partial charge in [-0.1, -0.05) is 19.4 Å². The first-order valence-corrected chi connectivity index (χ1v) is 10.7. The zero-order chi connectivity index (χ0) is 18.0. The third-order valence-electron chi connectivity index (χ3n) is 5.20. The smallest absolute Gasteiger partial charge is 0.217 e. The monoisotopic (exact) mass is 363 g/mol. The van der Waals surface area contributed by atoms with Crippen molar-refractivity contribution in [2.45, 2.75) is 38.5 Å². The van der Waals surface area contributed by atoms with Gasteiger partial charge in [0.25, 0.3) is 0 Å². The van der Waals surface area contributed by atoms with Crippen molar-refractivity contribution in [3.63, 3.8) is 0 Å². The molecule has 1 N–H and O–H groups in total. The zero-order valence-electron chi connectivity index (χ0n) is 15.5. The Morgan fingerprint density at radius 2 is 2.12 bits per heavy atom. The molecule has 1 saturated heterocycles. The Balaban J connectivity index is 1.77. The minimum Gasteiger partial charge on any atom is -0.361 e. The lowest BCUT2D eigenvalue weighted by atomic mass is 10.0. The maximum absolute atomic E-state index is 12.1. The summed E-state index contributed by atoms with van der Waals surface area (Å²) in [6.07, 6.45) is 5.94. The van der Waals surface area contributed by atoms with Crippen molar-refractivity contribution in [3.8, 4) is 0 Å². The molecule has 3 rings (SSSR count). The van der Waals surface area contributed by atoms with Crippen LogP contribution in [0.15, 0.2) is 24.4 Å². The lowest BCUT2D eigenvalue weighted by Gasteiger charge is -2.15. The minimum atomic E-state index is -3.24. The van der Waals surface area contributed by atoms with Crippen molar-refractivity contribution < 1.29 is 8.42 Å². The molecule has 2 aromatic rings. The maximum atomic E-state index is 12.1. The number of nitrogens with one attached hydrogen (secondary N) is 1. The molecular formula is C19H29N3O2S. The summed E-state index contributed by atoms with van der Waals surface area (Å²) in [6, 6.07) is 5.92. The fourth-order valence-electron chi connectivity index (χ4n) is 3.73. The summed E-state index contributed by atoms with van der Waals surface area (Å²) < 4.78 is 25.6.